The molecule has 0 radical (unpaired) electrons. The Morgan fingerprint density at radius 1 is 1.25 bits per heavy atom. The van der Waals surface area contributed by atoms with Gasteiger partial charge in [-0.05, 0) is 26.0 Å². The number of carbonyl (C=O) groups is 1. The smallest absolute Gasteiger partial charge is 0.257 e. The van der Waals surface area contributed by atoms with Gasteiger partial charge in [-0.1, -0.05) is 0 Å². The highest BCUT2D eigenvalue weighted by Gasteiger charge is 2.16. The van der Waals surface area contributed by atoms with Crippen molar-refractivity contribution in [2.75, 3.05) is 5.32 Å². The third kappa shape index (κ3) is 2.66. The van der Waals surface area contributed by atoms with Gasteiger partial charge in [0.1, 0.15) is 5.82 Å². The minimum Gasteiger partial charge on any atom is -0.307 e. The zero-order chi connectivity index (χ0) is 14.9. The minimum absolute atomic E-state index is 0.00184. The zero-order valence-corrected chi connectivity index (χ0v) is 10.8. The van der Waals surface area contributed by atoms with Crippen LogP contribution in [0, 0.1) is 17.5 Å². The van der Waals surface area contributed by atoms with E-state index in [1.54, 1.807) is 6.07 Å². The van der Waals surface area contributed by atoms with Gasteiger partial charge in [0.2, 0.25) is 0 Å². The van der Waals surface area contributed by atoms with Crippen molar-refractivity contribution < 1.29 is 18.0 Å². The molecule has 1 aromatic heterocycles. The second kappa shape index (κ2) is 5.36. The lowest BCUT2D eigenvalue weighted by atomic mass is 10.2. The number of hydrogen-bond acceptors (Lipinski definition) is 2. The molecule has 0 aliphatic rings. The first-order chi connectivity index (χ1) is 9.40. The topological polar surface area (TPSA) is 46.9 Å². The van der Waals surface area contributed by atoms with Crippen LogP contribution in [0.25, 0.3) is 0 Å². The summed E-state index contributed by atoms with van der Waals surface area (Å²) >= 11 is 0. The molecular formula is C13H12F3N3O. The Balaban J connectivity index is 2.26. The summed E-state index contributed by atoms with van der Waals surface area (Å²) in [5, 5.41) is 6.47. The zero-order valence-electron chi connectivity index (χ0n) is 10.8. The van der Waals surface area contributed by atoms with Crippen molar-refractivity contribution in [2.24, 2.45) is 0 Å². The SMILES string of the molecule is CC(C)n1nccc1NC(=O)c1cc(F)c(F)c(F)c1. The van der Waals surface area contributed by atoms with Crippen molar-refractivity contribution in [3.05, 3.63) is 47.4 Å². The fourth-order valence-electron chi connectivity index (χ4n) is 1.70. The molecule has 0 saturated heterocycles. The first-order valence-electron chi connectivity index (χ1n) is 5.89. The number of hydrogen-bond donors (Lipinski definition) is 1. The fourth-order valence-corrected chi connectivity index (χ4v) is 1.70. The molecule has 0 unspecified atom stereocenters. The quantitative estimate of drug-likeness (QED) is 0.880. The van der Waals surface area contributed by atoms with Crippen molar-refractivity contribution in [1.29, 1.82) is 0 Å². The van der Waals surface area contributed by atoms with Crippen molar-refractivity contribution in [3.63, 3.8) is 0 Å². The van der Waals surface area contributed by atoms with E-state index in [-0.39, 0.29) is 11.6 Å². The molecule has 0 spiro atoms. The van der Waals surface area contributed by atoms with Gasteiger partial charge < -0.3 is 5.32 Å². The highest BCUT2D eigenvalue weighted by Crippen LogP contribution is 2.17. The van der Waals surface area contributed by atoms with E-state index in [0.29, 0.717) is 18.0 Å². The number of halogens is 3. The molecular weight excluding hydrogens is 271 g/mol. The first kappa shape index (κ1) is 14.1. The largest absolute Gasteiger partial charge is 0.307 e. The summed E-state index contributed by atoms with van der Waals surface area (Å²) in [6.07, 6.45) is 1.49. The molecule has 4 nitrogen and oxygen atoms in total. The van der Waals surface area contributed by atoms with Crippen LogP contribution < -0.4 is 5.32 Å². The van der Waals surface area contributed by atoms with Gasteiger partial charge in [-0.3, -0.25) is 4.79 Å². The molecule has 0 bridgehead atoms. The van der Waals surface area contributed by atoms with Crippen molar-refractivity contribution in [3.8, 4) is 0 Å². The number of carbonyl (C=O) groups excluding carboxylic acids is 1. The minimum atomic E-state index is -1.60. The van der Waals surface area contributed by atoms with Gasteiger partial charge in [-0.2, -0.15) is 5.10 Å². The molecule has 2 rings (SSSR count). The monoisotopic (exact) mass is 283 g/mol. The Morgan fingerprint density at radius 3 is 2.40 bits per heavy atom. The summed E-state index contributed by atoms with van der Waals surface area (Å²) in [6.45, 7) is 3.72. The van der Waals surface area contributed by atoms with Crippen LogP contribution in [-0.4, -0.2) is 15.7 Å². The van der Waals surface area contributed by atoms with Crippen LogP contribution in [0.15, 0.2) is 24.4 Å². The molecule has 2 aromatic rings. The molecule has 0 atom stereocenters. The summed E-state index contributed by atoms with van der Waals surface area (Å²) in [6, 6.07) is 2.84. The van der Waals surface area contributed by atoms with E-state index in [2.05, 4.69) is 10.4 Å². The Hall–Kier alpha value is -2.31. The van der Waals surface area contributed by atoms with Gasteiger partial charge in [0.05, 0.1) is 6.20 Å². The van der Waals surface area contributed by atoms with Crippen molar-refractivity contribution in [2.45, 2.75) is 19.9 Å². The maximum Gasteiger partial charge on any atom is 0.257 e. The number of rotatable bonds is 3. The maximum absolute atomic E-state index is 13.1. The maximum atomic E-state index is 13.1. The average Bonchev–Trinajstić information content (AvgIpc) is 2.83. The van der Waals surface area contributed by atoms with E-state index in [9.17, 15) is 18.0 Å². The van der Waals surface area contributed by atoms with E-state index < -0.39 is 23.4 Å². The van der Waals surface area contributed by atoms with Gasteiger partial charge in [0, 0.05) is 17.7 Å². The molecule has 1 heterocycles. The summed E-state index contributed by atoms with van der Waals surface area (Å²) in [4.78, 5) is 11.9. The average molecular weight is 283 g/mol. The van der Waals surface area contributed by atoms with Gasteiger partial charge in [0.15, 0.2) is 17.5 Å². The van der Waals surface area contributed by atoms with Crippen LogP contribution >= 0.6 is 0 Å². The lowest BCUT2D eigenvalue weighted by Crippen LogP contribution is -2.17. The fraction of sp³-hybridized carbons (Fsp3) is 0.231. The van der Waals surface area contributed by atoms with E-state index in [0.717, 1.165) is 0 Å². The third-order valence-corrected chi connectivity index (χ3v) is 2.65. The van der Waals surface area contributed by atoms with Crippen LogP contribution in [0.5, 0.6) is 0 Å². The van der Waals surface area contributed by atoms with Gasteiger partial charge >= 0.3 is 0 Å². The molecule has 7 heteroatoms. The Kier molecular flexibility index (Phi) is 3.78. The normalized spacial score (nSPS) is 10.9. The summed E-state index contributed by atoms with van der Waals surface area (Å²) in [5.74, 6) is -4.78. The Bertz CT molecular complexity index is 629. The molecule has 0 saturated carbocycles. The Morgan fingerprint density at radius 2 is 1.85 bits per heavy atom. The molecule has 0 fully saturated rings. The number of nitrogens with one attached hydrogen (secondary N) is 1. The molecule has 1 aromatic carbocycles. The number of amides is 1. The summed E-state index contributed by atoms with van der Waals surface area (Å²) in [5.41, 5.74) is -0.307. The number of aromatic nitrogens is 2. The number of anilines is 1. The molecule has 1 N–H and O–H groups in total. The molecule has 1 amide bonds. The summed E-state index contributed by atoms with van der Waals surface area (Å²) < 4.78 is 40.5. The van der Waals surface area contributed by atoms with Crippen molar-refractivity contribution in [1.82, 2.24) is 9.78 Å². The lowest BCUT2D eigenvalue weighted by Gasteiger charge is -2.12. The van der Waals surface area contributed by atoms with E-state index in [1.807, 2.05) is 13.8 Å². The van der Waals surface area contributed by atoms with Gasteiger partial charge in [0.25, 0.3) is 5.91 Å². The predicted octanol–water partition coefficient (Wildman–Crippen LogP) is 3.13. The number of nitrogens with zero attached hydrogens (tertiary/aromatic N) is 2. The standard InChI is InChI=1S/C13H12F3N3O/c1-7(2)19-11(3-4-17-19)18-13(20)8-5-9(14)12(16)10(15)6-8/h3-7H,1-2H3,(H,18,20). The van der Waals surface area contributed by atoms with Gasteiger partial charge in [-0.25, -0.2) is 17.9 Å². The second-order valence-corrected chi connectivity index (χ2v) is 4.46. The third-order valence-electron chi connectivity index (χ3n) is 2.65. The number of benzene rings is 1. The van der Waals surface area contributed by atoms with Crippen LogP contribution in [0.4, 0.5) is 19.0 Å². The lowest BCUT2D eigenvalue weighted by molar-refractivity contribution is 0.102. The van der Waals surface area contributed by atoms with Crippen LogP contribution in [-0.2, 0) is 0 Å². The Labute approximate surface area is 113 Å². The highest BCUT2D eigenvalue weighted by molar-refractivity contribution is 6.03. The van der Waals surface area contributed by atoms with Crippen molar-refractivity contribution >= 4 is 11.7 Å². The molecule has 20 heavy (non-hydrogen) atoms. The van der Waals surface area contributed by atoms with Crippen LogP contribution in [0.1, 0.15) is 30.2 Å². The predicted molar refractivity (Wildman–Crippen MR) is 66.9 cm³/mol. The van der Waals surface area contributed by atoms with Gasteiger partial charge in [-0.15, -0.1) is 0 Å². The van der Waals surface area contributed by atoms with Crippen LogP contribution in [0.3, 0.4) is 0 Å². The summed E-state index contributed by atoms with van der Waals surface area (Å²) in [7, 11) is 0. The van der Waals surface area contributed by atoms with E-state index in [4.69, 9.17) is 0 Å². The highest BCUT2D eigenvalue weighted by atomic mass is 19.2. The van der Waals surface area contributed by atoms with E-state index >= 15 is 0 Å². The molecule has 0 aliphatic heterocycles. The van der Waals surface area contributed by atoms with E-state index in [1.165, 1.54) is 10.9 Å². The molecule has 0 aliphatic carbocycles. The second-order valence-electron chi connectivity index (χ2n) is 4.46. The first-order valence-corrected chi connectivity index (χ1v) is 5.89. The van der Waals surface area contributed by atoms with Crippen LogP contribution in [0.2, 0.25) is 0 Å². The molecule has 106 valence electrons.